The Morgan fingerprint density at radius 1 is 1.36 bits per heavy atom. The van der Waals surface area contributed by atoms with Gasteiger partial charge in [-0.3, -0.25) is 4.98 Å². The molecule has 0 saturated carbocycles. The standard InChI is InChI=1S/C10H14N4/c11-6-9-7-12-8-10(13-9)14-4-2-1-3-5-14/h1-2,7-8H,3-6,11H2. The predicted octanol–water partition coefficient (Wildman–Crippen LogP) is 0.702. The van der Waals surface area contributed by atoms with E-state index in [1.54, 1.807) is 12.4 Å². The average Bonchev–Trinajstić information content (AvgIpc) is 2.30. The van der Waals surface area contributed by atoms with Crippen molar-refractivity contribution in [1.29, 1.82) is 0 Å². The topological polar surface area (TPSA) is 55.0 Å². The molecule has 0 fully saturated rings. The van der Waals surface area contributed by atoms with Crippen LogP contribution < -0.4 is 10.6 Å². The highest BCUT2D eigenvalue weighted by Gasteiger charge is 2.08. The third kappa shape index (κ3) is 1.90. The van der Waals surface area contributed by atoms with E-state index in [1.807, 2.05) is 0 Å². The van der Waals surface area contributed by atoms with Gasteiger partial charge in [0.25, 0.3) is 0 Å². The van der Waals surface area contributed by atoms with Gasteiger partial charge in [-0.15, -0.1) is 0 Å². The molecular weight excluding hydrogens is 176 g/mol. The summed E-state index contributed by atoms with van der Waals surface area (Å²) in [4.78, 5) is 10.7. The van der Waals surface area contributed by atoms with Gasteiger partial charge < -0.3 is 10.6 Å². The Morgan fingerprint density at radius 2 is 2.29 bits per heavy atom. The van der Waals surface area contributed by atoms with Crippen molar-refractivity contribution in [2.75, 3.05) is 18.0 Å². The smallest absolute Gasteiger partial charge is 0.147 e. The Morgan fingerprint density at radius 3 is 3.00 bits per heavy atom. The zero-order chi connectivity index (χ0) is 9.80. The molecule has 0 atom stereocenters. The molecule has 0 unspecified atom stereocenters. The second-order valence-corrected chi connectivity index (χ2v) is 3.28. The first-order valence-electron chi connectivity index (χ1n) is 4.81. The Kier molecular flexibility index (Phi) is 2.74. The zero-order valence-electron chi connectivity index (χ0n) is 8.06. The van der Waals surface area contributed by atoms with E-state index in [0.717, 1.165) is 31.0 Å². The SMILES string of the molecule is NCc1cncc(N2CC=CCC2)n1. The molecule has 74 valence electrons. The molecule has 1 aromatic rings. The van der Waals surface area contributed by atoms with Crippen LogP contribution in [-0.2, 0) is 6.54 Å². The van der Waals surface area contributed by atoms with Crippen LogP contribution in [0.3, 0.4) is 0 Å². The maximum Gasteiger partial charge on any atom is 0.147 e. The third-order valence-electron chi connectivity index (χ3n) is 2.26. The first-order chi connectivity index (χ1) is 6.90. The molecule has 4 heteroatoms. The monoisotopic (exact) mass is 190 g/mol. The van der Waals surface area contributed by atoms with Crippen LogP contribution in [0.4, 0.5) is 5.82 Å². The summed E-state index contributed by atoms with van der Waals surface area (Å²) in [7, 11) is 0. The van der Waals surface area contributed by atoms with Gasteiger partial charge in [-0.25, -0.2) is 4.98 Å². The molecule has 0 bridgehead atoms. The maximum absolute atomic E-state index is 5.51. The van der Waals surface area contributed by atoms with Crippen LogP contribution in [0, 0.1) is 0 Å². The van der Waals surface area contributed by atoms with Crippen molar-refractivity contribution >= 4 is 5.82 Å². The molecule has 2 N–H and O–H groups in total. The van der Waals surface area contributed by atoms with Crippen LogP contribution in [-0.4, -0.2) is 23.1 Å². The number of rotatable bonds is 2. The van der Waals surface area contributed by atoms with Gasteiger partial charge in [-0.05, 0) is 6.42 Å². The van der Waals surface area contributed by atoms with Crippen LogP contribution in [0.25, 0.3) is 0 Å². The number of hydrogen-bond acceptors (Lipinski definition) is 4. The minimum Gasteiger partial charge on any atom is -0.351 e. The van der Waals surface area contributed by atoms with Gasteiger partial charge in [-0.2, -0.15) is 0 Å². The fourth-order valence-electron chi connectivity index (χ4n) is 1.49. The van der Waals surface area contributed by atoms with Crippen LogP contribution in [0.5, 0.6) is 0 Å². The van der Waals surface area contributed by atoms with Gasteiger partial charge in [0.2, 0.25) is 0 Å². The second kappa shape index (κ2) is 4.19. The van der Waals surface area contributed by atoms with Crippen LogP contribution in [0.1, 0.15) is 12.1 Å². The van der Waals surface area contributed by atoms with E-state index in [2.05, 4.69) is 27.0 Å². The predicted molar refractivity (Wildman–Crippen MR) is 55.9 cm³/mol. The number of nitrogens with zero attached hydrogens (tertiary/aromatic N) is 3. The first kappa shape index (κ1) is 9.15. The summed E-state index contributed by atoms with van der Waals surface area (Å²) in [6.45, 7) is 2.38. The third-order valence-corrected chi connectivity index (χ3v) is 2.26. The summed E-state index contributed by atoms with van der Waals surface area (Å²) in [6.07, 6.45) is 8.92. The van der Waals surface area contributed by atoms with Gasteiger partial charge in [0.1, 0.15) is 5.82 Å². The van der Waals surface area contributed by atoms with Crippen molar-refractivity contribution < 1.29 is 0 Å². The number of nitrogens with two attached hydrogens (primary N) is 1. The summed E-state index contributed by atoms with van der Waals surface area (Å²) >= 11 is 0. The van der Waals surface area contributed by atoms with E-state index in [1.165, 1.54) is 0 Å². The largest absolute Gasteiger partial charge is 0.351 e. The molecule has 14 heavy (non-hydrogen) atoms. The minimum absolute atomic E-state index is 0.449. The molecular formula is C10H14N4. The number of aromatic nitrogens is 2. The zero-order valence-corrected chi connectivity index (χ0v) is 8.06. The summed E-state index contributed by atoms with van der Waals surface area (Å²) in [5.41, 5.74) is 6.36. The molecule has 1 aliphatic heterocycles. The Balaban J connectivity index is 2.18. The van der Waals surface area contributed by atoms with Gasteiger partial charge >= 0.3 is 0 Å². The van der Waals surface area contributed by atoms with Crippen molar-refractivity contribution in [2.45, 2.75) is 13.0 Å². The van der Waals surface area contributed by atoms with Crippen LogP contribution in [0.2, 0.25) is 0 Å². The van der Waals surface area contributed by atoms with E-state index < -0.39 is 0 Å². The highest BCUT2D eigenvalue weighted by molar-refractivity contribution is 5.38. The van der Waals surface area contributed by atoms with Crippen molar-refractivity contribution in [3.05, 3.63) is 30.2 Å². The van der Waals surface area contributed by atoms with E-state index in [9.17, 15) is 0 Å². The van der Waals surface area contributed by atoms with Crippen LogP contribution >= 0.6 is 0 Å². The Bertz CT molecular complexity index is 335. The Labute approximate surface area is 83.5 Å². The lowest BCUT2D eigenvalue weighted by Crippen LogP contribution is -2.28. The molecule has 0 amide bonds. The van der Waals surface area contributed by atoms with E-state index in [4.69, 9.17) is 5.73 Å². The summed E-state index contributed by atoms with van der Waals surface area (Å²) in [6, 6.07) is 0. The molecule has 4 nitrogen and oxygen atoms in total. The number of hydrogen-bond donors (Lipinski definition) is 1. The fraction of sp³-hybridized carbons (Fsp3) is 0.400. The highest BCUT2D eigenvalue weighted by Crippen LogP contribution is 2.12. The number of anilines is 1. The molecule has 1 aliphatic rings. The van der Waals surface area contributed by atoms with Gasteiger partial charge in [-0.1, -0.05) is 12.2 Å². The molecule has 0 aromatic carbocycles. The van der Waals surface area contributed by atoms with Gasteiger partial charge in [0.15, 0.2) is 0 Å². The summed E-state index contributed by atoms with van der Waals surface area (Å²) < 4.78 is 0. The lowest BCUT2D eigenvalue weighted by atomic mass is 10.2. The Hall–Kier alpha value is -1.42. The second-order valence-electron chi connectivity index (χ2n) is 3.28. The molecule has 2 rings (SSSR count). The fourth-order valence-corrected chi connectivity index (χ4v) is 1.49. The average molecular weight is 190 g/mol. The highest BCUT2D eigenvalue weighted by atomic mass is 15.2. The van der Waals surface area contributed by atoms with Gasteiger partial charge in [0, 0.05) is 25.8 Å². The molecule has 0 radical (unpaired) electrons. The van der Waals surface area contributed by atoms with Crippen molar-refractivity contribution in [2.24, 2.45) is 5.73 Å². The van der Waals surface area contributed by atoms with Crippen molar-refractivity contribution in [3.63, 3.8) is 0 Å². The summed E-state index contributed by atoms with van der Waals surface area (Å²) in [5, 5.41) is 0. The molecule has 1 aromatic heterocycles. The lowest BCUT2D eigenvalue weighted by molar-refractivity contribution is 0.792. The molecule has 0 saturated heterocycles. The van der Waals surface area contributed by atoms with Crippen LogP contribution in [0.15, 0.2) is 24.5 Å². The molecule has 2 heterocycles. The van der Waals surface area contributed by atoms with Gasteiger partial charge in [0.05, 0.1) is 11.9 Å². The quantitative estimate of drug-likeness (QED) is 0.697. The lowest BCUT2D eigenvalue weighted by Gasteiger charge is -2.24. The molecule has 0 spiro atoms. The van der Waals surface area contributed by atoms with E-state index >= 15 is 0 Å². The maximum atomic E-state index is 5.51. The first-order valence-corrected chi connectivity index (χ1v) is 4.81. The van der Waals surface area contributed by atoms with Crippen molar-refractivity contribution in [1.82, 2.24) is 9.97 Å². The van der Waals surface area contributed by atoms with E-state index in [-0.39, 0.29) is 0 Å². The van der Waals surface area contributed by atoms with E-state index in [0.29, 0.717) is 6.54 Å². The summed E-state index contributed by atoms with van der Waals surface area (Å²) in [5.74, 6) is 0.928. The van der Waals surface area contributed by atoms with Crippen molar-refractivity contribution in [3.8, 4) is 0 Å². The minimum atomic E-state index is 0.449. The normalized spacial score (nSPS) is 15.9. The molecule has 0 aliphatic carbocycles.